The van der Waals surface area contributed by atoms with Crippen LogP contribution in [0.1, 0.15) is 55.7 Å². The van der Waals surface area contributed by atoms with Gasteiger partial charge in [0.2, 0.25) is 5.91 Å². The molecule has 1 aliphatic rings. The molecule has 5 rings (SSSR count). The van der Waals surface area contributed by atoms with Gasteiger partial charge in [-0.25, -0.2) is 0 Å². The molecule has 1 heterocycles. The number of nitrogens with one attached hydrogen (secondary N) is 1. The normalized spacial score (nSPS) is 15.1. The van der Waals surface area contributed by atoms with Crippen molar-refractivity contribution in [3.63, 3.8) is 0 Å². The molecular formula is C31H32N2O2. The van der Waals surface area contributed by atoms with Crippen molar-refractivity contribution in [2.45, 2.75) is 51.0 Å². The zero-order chi connectivity index (χ0) is 24.0. The van der Waals surface area contributed by atoms with Gasteiger partial charge in [-0.2, -0.15) is 0 Å². The first-order valence-corrected chi connectivity index (χ1v) is 12.7. The maximum Gasteiger partial charge on any atom is 0.232 e. The first kappa shape index (κ1) is 23.1. The topological polar surface area (TPSA) is 53.2 Å². The molecule has 178 valence electrons. The van der Waals surface area contributed by atoms with Gasteiger partial charge in [0.05, 0.1) is 6.42 Å². The first-order chi connectivity index (χ1) is 17.2. The maximum atomic E-state index is 14.0. The summed E-state index contributed by atoms with van der Waals surface area (Å²) in [6.07, 6.45) is 8.48. The number of hydrogen-bond donors (Lipinski definition) is 1. The molecule has 3 aromatic carbocycles. The Morgan fingerprint density at radius 3 is 2.23 bits per heavy atom. The van der Waals surface area contributed by atoms with Gasteiger partial charge in [-0.1, -0.05) is 98.8 Å². The lowest BCUT2D eigenvalue weighted by molar-refractivity contribution is -0.125. The number of ketones is 1. The zero-order valence-electron chi connectivity index (χ0n) is 20.0. The largest absolute Gasteiger partial charge is 0.361 e. The molecule has 35 heavy (non-hydrogen) atoms. The highest BCUT2D eigenvalue weighted by atomic mass is 16.2. The molecule has 1 aliphatic carbocycles. The summed E-state index contributed by atoms with van der Waals surface area (Å²) in [6.45, 7) is 0. The highest BCUT2D eigenvalue weighted by Crippen LogP contribution is 2.34. The monoisotopic (exact) mass is 464 g/mol. The Hall–Kier alpha value is -3.66. The van der Waals surface area contributed by atoms with Crippen LogP contribution in [0.25, 0.3) is 10.9 Å². The van der Waals surface area contributed by atoms with Gasteiger partial charge in [-0.05, 0) is 35.2 Å². The number of para-hydroxylation sites is 2. The van der Waals surface area contributed by atoms with E-state index in [1.54, 1.807) is 4.90 Å². The molecule has 1 unspecified atom stereocenters. The van der Waals surface area contributed by atoms with Crippen molar-refractivity contribution >= 4 is 28.3 Å². The SMILES string of the molecule is O=C(CC1CCCCC1)C(c1ccccc1)N(C(=O)Cc1c[nH]c2ccccc12)c1ccccc1. The number of nitrogens with zero attached hydrogens (tertiary/aromatic N) is 1. The number of anilines is 1. The quantitative estimate of drug-likeness (QED) is 0.304. The van der Waals surface area contributed by atoms with Crippen molar-refractivity contribution in [1.29, 1.82) is 0 Å². The van der Waals surface area contributed by atoms with Crippen molar-refractivity contribution in [2.75, 3.05) is 4.90 Å². The van der Waals surface area contributed by atoms with Gasteiger partial charge in [-0.3, -0.25) is 14.5 Å². The van der Waals surface area contributed by atoms with Gasteiger partial charge >= 0.3 is 0 Å². The summed E-state index contributed by atoms with van der Waals surface area (Å²) in [5, 5.41) is 1.04. The molecule has 0 aliphatic heterocycles. The molecule has 1 amide bonds. The van der Waals surface area contributed by atoms with E-state index < -0.39 is 6.04 Å². The number of hydrogen-bond acceptors (Lipinski definition) is 2. The van der Waals surface area contributed by atoms with E-state index in [4.69, 9.17) is 0 Å². The minimum Gasteiger partial charge on any atom is -0.361 e. The summed E-state index contributed by atoms with van der Waals surface area (Å²) in [6, 6.07) is 26.8. The number of carbonyl (C=O) groups is 2. The second kappa shape index (κ2) is 10.7. The molecule has 4 aromatic rings. The third-order valence-electron chi connectivity index (χ3n) is 7.21. The van der Waals surface area contributed by atoms with Gasteiger partial charge in [0.15, 0.2) is 5.78 Å². The standard InChI is InChI=1S/C31H32N2O2/c34-29(20-23-12-4-1-5-13-23)31(24-14-6-2-7-15-24)33(26-16-8-3-9-17-26)30(35)21-25-22-32-28-19-11-10-18-27(25)28/h2-3,6-11,14-19,22-23,31-32H,1,4-5,12-13,20-21H2. The van der Waals surface area contributed by atoms with Gasteiger partial charge in [0.25, 0.3) is 0 Å². The highest BCUT2D eigenvalue weighted by Gasteiger charge is 2.34. The number of rotatable bonds is 8. The number of aromatic nitrogens is 1. The average molecular weight is 465 g/mol. The molecule has 1 fully saturated rings. The van der Waals surface area contributed by atoms with E-state index in [-0.39, 0.29) is 18.1 Å². The fourth-order valence-electron chi connectivity index (χ4n) is 5.45. The van der Waals surface area contributed by atoms with Gasteiger partial charge in [0.1, 0.15) is 6.04 Å². The Morgan fingerprint density at radius 2 is 1.49 bits per heavy atom. The molecule has 1 aromatic heterocycles. The lowest BCUT2D eigenvalue weighted by Gasteiger charge is -2.33. The molecule has 1 saturated carbocycles. The Balaban J connectivity index is 1.52. The molecule has 4 nitrogen and oxygen atoms in total. The number of aromatic amines is 1. The molecule has 1 atom stereocenters. The number of Topliss-reactive ketones (excluding diaryl/α,β-unsaturated/α-hetero) is 1. The summed E-state index contributed by atoms with van der Waals surface area (Å²) in [4.78, 5) is 33.0. The third kappa shape index (κ3) is 5.22. The van der Waals surface area contributed by atoms with Crippen LogP contribution in [0.3, 0.4) is 0 Å². The molecule has 1 N–H and O–H groups in total. The summed E-state index contributed by atoms with van der Waals surface area (Å²) >= 11 is 0. The zero-order valence-corrected chi connectivity index (χ0v) is 20.0. The maximum absolute atomic E-state index is 14.0. The number of fused-ring (bicyclic) bond motifs is 1. The van der Waals surface area contributed by atoms with Crippen LogP contribution in [0.5, 0.6) is 0 Å². The van der Waals surface area contributed by atoms with Crippen molar-refractivity contribution in [3.8, 4) is 0 Å². The van der Waals surface area contributed by atoms with E-state index >= 15 is 0 Å². The number of amides is 1. The Labute approximate surface area is 207 Å². The third-order valence-corrected chi connectivity index (χ3v) is 7.21. The lowest BCUT2D eigenvalue weighted by Crippen LogP contribution is -2.40. The summed E-state index contributed by atoms with van der Waals surface area (Å²) in [7, 11) is 0. The predicted molar refractivity (Wildman–Crippen MR) is 141 cm³/mol. The smallest absolute Gasteiger partial charge is 0.232 e. The van der Waals surface area contributed by atoms with Crippen molar-refractivity contribution < 1.29 is 9.59 Å². The summed E-state index contributed by atoms with van der Waals surface area (Å²) in [5.41, 5.74) is 3.57. The van der Waals surface area contributed by atoms with Crippen LogP contribution in [-0.2, 0) is 16.0 Å². The summed E-state index contributed by atoms with van der Waals surface area (Å²) in [5.74, 6) is 0.454. The average Bonchev–Trinajstić information content (AvgIpc) is 3.31. The minimum absolute atomic E-state index is 0.0770. The molecule has 4 heteroatoms. The Morgan fingerprint density at radius 1 is 0.829 bits per heavy atom. The van der Waals surface area contributed by atoms with Crippen molar-refractivity contribution in [3.05, 3.63) is 102 Å². The summed E-state index contributed by atoms with van der Waals surface area (Å²) < 4.78 is 0. The van der Waals surface area contributed by atoms with E-state index in [0.29, 0.717) is 12.3 Å². The first-order valence-electron chi connectivity index (χ1n) is 12.7. The van der Waals surface area contributed by atoms with Crippen molar-refractivity contribution in [1.82, 2.24) is 4.98 Å². The van der Waals surface area contributed by atoms with Crippen molar-refractivity contribution in [2.24, 2.45) is 5.92 Å². The predicted octanol–water partition coefficient (Wildman–Crippen LogP) is 7.02. The fraction of sp³-hybridized carbons (Fsp3) is 0.290. The Kier molecular flexibility index (Phi) is 7.08. The molecule has 0 bridgehead atoms. The van der Waals surface area contributed by atoms with Crippen LogP contribution in [-0.4, -0.2) is 16.7 Å². The number of H-pyrrole nitrogens is 1. The second-order valence-electron chi connectivity index (χ2n) is 9.62. The fourth-order valence-corrected chi connectivity index (χ4v) is 5.45. The molecular weight excluding hydrogens is 432 g/mol. The van der Waals surface area contributed by atoms with E-state index in [1.165, 1.54) is 19.3 Å². The van der Waals surface area contributed by atoms with Crippen LogP contribution in [0.15, 0.2) is 91.1 Å². The van der Waals surface area contributed by atoms with Crippen LogP contribution >= 0.6 is 0 Å². The van der Waals surface area contributed by atoms with Crippen LogP contribution in [0, 0.1) is 5.92 Å². The van der Waals surface area contributed by atoms with Gasteiger partial charge in [-0.15, -0.1) is 0 Å². The van der Waals surface area contributed by atoms with Gasteiger partial charge in [0, 0.05) is 29.2 Å². The molecule has 0 spiro atoms. The van der Waals surface area contributed by atoms with Crippen LogP contribution < -0.4 is 4.90 Å². The second-order valence-corrected chi connectivity index (χ2v) is 9.62. The molecule has 0 radical (unpaired) electrons. The van der Waals surface area contributed by atoms with E-state index in [0.717, 1.165) is 40.6 Å². The van der Waals surface area contributed by atoms with E-state index in [2.05, 4.69) is 4.98 Å². The Bertz CT molecular complexity index is 1270. The van der Waals surface area contributed by atoms with E-state index in [1.807, 2.05) is 91.1 Å². The van der Waals surface area contributed by atoms with Crippen LogP contribution in [0.2, 0.25) is 0 Å². The minimum atomic E-state index is -0.641. The lowest BCUT2D eigenvalue weighted by atomic mass is 9.83. The van der Waals surface area contributed by atoms with Gasteiger partial charge < -0.3 is 4.98 Å². The van der Waals surface area contributed by atoms with E-state index in [9.17, 15) is 9.59 Å². The highest BCUT2D eigenvalue weighted by molar-refractivity contribution is 6.04. The van der Waals surface area contributed by atoms with Crippen LogP contribution in [0.4, 0.5) is 5.69 Å². The molecule has 0 saturated heterocycles. The number of carbonyl (C=O) groups excluding carboxylic acids is 2. The number of benzene rings is 3.